The second-order valence-corrected chi connectivity index (χ2v) is 5.03. The number of nitrogens with one attached hydrogen (secondary N) is 1. The number of hydrogen-bond acceptors (Lipinski definition) is 4. The molecule has 5 nitrogen and oxygen atoms in total. The van der Waals surface area contributed by atoms with Crippen molar-refractivity contribution in [2.24, 2.45) is 0 Å². The predicted molar refractivity (Wildman–Crippen MR) is 77.6 cm³/mol. The SMILES string of the molecule is N#Cc1ccccc1NC(=O)CCCn1ccsc1=O. The molecule has 0 atom stereocenters. The number of hydrogen-bond donors (Lipinski definition) is 1. The highest BCUT2D eigenvalue weighted by atomic mass is 32.1. The van der Waals surface area contributed by atoms with Crippen molar-refractivity contribution in [3.63, 3.8) is 0 Å². The zero-order chi connectivity index (χ0) is 14.4. The summed E-state index contributed by atoms with van der Waals surface area (Å²) in [6, 6.07) is 8.89. The van der Waals surface area contributed by atoms with Crippen molar-refractivity contribution in [3.05, 3.63) is 51.1 Å². The van der Waals surface area contributed by atoms with Gasteiger partial charge in [-0.15, -0.1) is 0 Å². The molecule has 1 aromatic heterocycles. The van der Waals surface area contributed by atoms with Gasteiger partial charge in [0.05, 0.1) is 11.3 Å². The van der Waals surface area contributed by atoms with E-state index in [0.29, 0.717) is 30.6 Å². The summed E-state index contributed by atoms with van der Waals surface area (Å²) < 4.78 is 1.58. The van der Waals surface area contributed by atoms with Gasteiger partial charge < -0.3 is 9.88 Å². The highest BCUT2D eigenvalue weighted by molar-refractivity contribution is 7.07. The first-order valence-corrected chi connectivity index (χ1v) is 7.01. The zero-order valence-electron chi connectivity index (χ0n) is 10.7. The Balaban J connectivity index is 1.86. The van der Waals surface area contributed by atoms with E-state index in [0.717, 1.165) is 11.3 Å². The number of thiazole rings is 1. The summed E-state index contributed by atoms with van der Waals surface area (Å²) in [5, 5.41) is 13.4. The molecule has 0 bridgehead atoms. The Kier molecular flexibility index (Phi) is 4.69. The van der Waals surface area contributed by atoms with E-state index in [1.54, 1.807) is 40.4 Å². The molecule has 0 fully saturated rings. The Morgan fingerprint density at radius 3 is 2.90 bits per heavy atom. The van der Waals surface area contributed by atoms with E-state index in [4.69, 9.17) is 5.26 Å². The van der Waals surface area contributed by atoms with Gasteiger partial charge >= 0.3 is 4.87 Å². The van der Waals surface area contributed by atoms with E-state index in [1.165, 1.54) is 0 Å². The van der Waals surface area contributed by atoms with Crippen LogP contribution in [0.15, 0.2) is 40.6 Å². The van der Waals surface area contributed by atoms with Crippen LogP contribution in [0, 0.1) is 11.3 Å². The van der Waals surface area contributed by atoms with Gasteiger partial charge in [-0.25, -0.2) is 0 Å². The number of para-hydroxylation sites is 1. The van der Waals surface area contributed by atoms with Crippen LogP contribution >= 0.6 is 11.3 Å². The summed E-state index contributed by atoms with van der Waals surface area (Å²) in [4.78, 5) is 23.1. The summed E-state index contributed by atoms with van der Waals surface area (Å²) in [5.74, 6) is -0.157. The molecular weight excluding hydrogens is 274 g/mol. The minimum Gasteiger partial charge on any atom is -0.325 e. The largest absolute Gasteiger partial charge is 0.325 e. The molecule has 0 aliphatic rings. The van der Waals surface area contributed by atoms with Gasteiger partial charge in [0.1, 0.15) is 6.07 Å². The number of anilines is 1. The van der Waals surface area contributed by atoms with Crippen molar-refractivity contribution < 1.29 is 4.79 Å². The standard InChI is InChI=1S/C14H13N3O2S/c15-10-11-4-1-2-5-12(11)16-13(18)6-3-7-17-8-9-20-14(17)19/h1-2,4-5,8-9H,3,6-7H2,(H,16,18). The highest BCUT2D eigenvalue weighted by Gasteiger charge is 2.06. The molecule has 1 heterocycles. The summed E-state index contributed by atoms with van der Waals surface area (Å²) in [6.07, 6.45) is 2.61. The molecule has 1 amide bonds. The lowest BCUT2D eigenvalue weighted by Crippen LogP contribution is -2.16. The van der Waals surface area contributed by atoms with Gasteiger partial charge in [-0.05, 0) is 18.6 Å². The lowest BCUT2D eigenvalue weighted by atomic mass is 10.2. The van der Waals surface area contributed by atoms with Gasteiger partial charge in [0.15, 0.2) is 0 Å². The molecule has 2 aromatic rings. The second kappa shape index (κ2) is 6.68. The molecule has 0 aliphatic carbocycles. The van der Waals surface area contributed by atoms with Crippen LogP contribution in [-0.2, 0) is 11.3 Å². The van der Waals surface area contributed by atoms with Crippen molar-refractivity contribution in [2.75, 3.05) is 5.32 Å². The maximum absolute atomic E-state index is 11.8. The molecular formula is C14H13N3O2S. The average Bonchev–Trinajstić information content (AvgIpc) is 2.85. The van der Waals surface area contributed by atoms with Crippen LogP contribution in [-0.4, -0.2) is 10.5 Å². The number of nitriles is 1. The van der Waals surface area contributed by atoms with Gasteiger partial charge in [-0.1, -0.05) is 23.5 Å². The average molecular weight is 287 g/mol. The van der Waals surface area contributed by atoms with Crippen LogP contribution in [0.3, 0.4) is 0 Å². The first kappa shape index (κ1) is 14.0. The Morgan fingerprint density at radius 1 is 1.40 bits per heavy atom. The predicted octanol–water partition coefficient (Wildman–Crippen LogP) is 2.20. The normalized spacial score (nSPS) is 9.95. The number of aryl methyl sites for hydroxylation is 1. The van der Waals surface area contributed by atoms with Gasteiger partial charge in [0.25, 0.3) is 0 Å². The Morgan fingerprint density at radius 2 is 2.20 bits per heavy atom. The van der Waals surface area contributed by atoms with E-state index < -0.39 is 0 Å². The molecule has 6 heteroatoms. The number of benzene rings is 1. The first-order valence-electron chi connectivity index (χ1n) is 6.13. The van der Waals surface area contributed by atoms with Crippen molar-refractivity contribution in [1.82, 2.24) is 4.57 Å². The lowest BCUT2D eigenvalue weighted by molar-refractivity contribution is -0.116. The fraction of sp³-hybridized carbons (Fsp3) is 0.214. The Bertz CT molecular complexity index is 697. The Hall–Kier alpha value is -2.39. The van der Waals surface area contributed by atoms with Crippen LogP contribution in [0.4, 0.5) is 5.69 Å². The van der Waals surface area contributed by atoms with Crippen molar-refractivity contribution in [1.29, 1.82) is 5.26 Å². The molecule has 0 aliphatic heterocycles. The van der Waals surface area contributed by atoms with Gasteiger partial charge in [0.2, 0.25) is 5.91 Å². The summed E-state index contributed by atoms with van der Waals surface area (Å²) in [6.45, 7) is 0.523. The number of amides is 1. The number of carbonyl (C=O) groups is 1. The van der Waals surface area contributed by atoms with Gasteiger partial charge in [0, 0.05) is 24.5 Å². The van der Waals surface area contributed by atoms with Gasteiger partial charge in [-0.3, -0.25) is 9.59 Å². The molecule has 102 valence electrons. The molecule has 0 spiro atoms. The third-order valence-electron chi connectivity index (χ3n) is 2.77. The quantitative estimate of drug-likeness (QED) is 0.916. The fourth-order valence-corrected chi connectivity index (χ4v) is 2.38. The Labute approximate surface area is 120 Å². The van der Waals surface area contributed by atoms with E-state index in [-0.39, 0.29) is 10.8 Å². The number of carbonyl (C=O) groups excluding carboxylic acids is 1. The smallest absolute Gasteiger partial charge is 0.307 e. The molecule has 20 heavy (non-hydrogen) atoms. The summed E-state index contributed by atoms with van der Waals surface area (Å²) >= 11 is 1.14. The topological polar surface area (TPSA) is 74.9 Å². The number of nitrogens with zero attached hydrogens (tertiary/aromatic N) is 2. The second-order valence-electron chi connectivity index (χ2n) is 4.17. The lowest BCUT2D eigenvalue weighted by Gasteiger charge is -2.06. The molecule has 0 saturated carbocycles. The first-order chi connectivity index (χ1) is 9.70. The van der Waals surface area contributed by atoms with Crippen molar-refractivity contribution in [3.8, 4) is 6.07 Å². The summed E-state index contributed by atoms with van der Waals surface area (Å²) in [7, 11) is 0. The maximum Gasteiger partial charge on any atom is 0.307 e. The number of aromatic nitrogens is 1. The van der Waals surface area contributed by atoms with Crippen LogP contribution in [0.5, 0.6) is 0 Å². The maximum atomic E-state index is 11.8. The van der Waals surface area contributed by atoms with Crippen LogP contribution in [0.25, 0.3) is 0 Å². The third-order valence-corrected chi connectivity index (χ3v) is 3.46. The fourth-order valence-electron chi connectivity index (χ4n) is 1.77. The molecule has 0 saturated heterocycles. The molecule has 0 radical (unpaired) electrons. The molecule has 1 N–H and O–H groups in total. The number of rotatable bonds is 5. The zero-order valence-corrected chi connectivity index (χ0v) is 11.5. The minimum atomic E-state index is -0.157. The summed E-state index contributed by atoms with van der Waals surface area (Å²) in [5.41, 5.74) is 0.961. The van der Waals surface area contributed by atoms with Crippen LogP contribution in [0.1, 0.15) is 18.4 Å². The van der Waals surface area contributed by atoms with E-state index in [2.05, 4.69) is 5.32 Å². The highest BCUT2D eigenvalue weighted by Crippen LogP contribution is 2.14. The monoisotopic (exact) mass is 287 g/mol. The van der Waals surface area contributed by atoms with Crippen LogP contribution in [0.2, 0.25) is 0 Å². The van der Waals surface area contributed by atoms with Crippen molar-refractivity contribution in [2.45, 2.75) is 19.4 Å². The minimum absolute atomic E-state index is 0.0137. The molecule has 2 rings (SSSR count). The van der Waals surface area contributed by atoms with E-state index >= 15 is 0 Å². The molecule has 0 unspecified atom stereocenters. The van der Waals surface area contributed by atoms with Crippen molar-refractivity contribution >= 4 is 22.9 Å². The third kappa shape index (κ3) is 3.56. The van der Waals surface area contributed by atoms with E-state index in [9.17, 15) is 9.59 Å². The molecule has 1 aromatic carbocycles. The van der Waals surface area contributed by atoms with E-state index in [1.807, 2.05) is 6.07 Å². The van der Waals surface area contributed by atoms with Crippen LogP contribution < -0.4 is 10.2 Å². The van der Waals surface area contributed by atoms with Gasteiger partial charge in [-0.2, -0.15) is 5.26 Å².